The average molecular weight is 168 g/mol. The summed E-state index contributed by atoms with van der Waals surface area (Å²) in [7, 11) is 0. The second-order valence-electron chi connectivity index (χ2n) is 1.83. The number of nitrogens with two attached hydrogens (primary N) is 1. The van der Waals surface area contributed by atoms with Crippen molar-refractivity contribution in [3.05, 3.63) is 10.9 Å². The third kappa shape index (κ3) is 1.07. The van der Waals surface area contributed by atoms with E-state index in [0.29, 0.717) is 11.6 Å². The molecule has 0 atom stereocenters. The molecule has 0 fully saturated rings. The molecule has 0 aromatic carbocycles. The van der Waals surface area contributed by atoms with Crippen molar-refractivity contribution in [2.75, 3.05) is 5.73 Å². The average Bonchev–Trinajstić information content (AvgIpc) is 2.55. The van der Waals surface area contributed by atoms with Gasteiger partial charge in [0.05, 0.1) is 5.51 Å². The summed E-state index contributed by atoms with van der Waals surface area (Å²) >= 11 is 1.46. The van der Waals surface area contributed by atoms with Gasteiger partial charge in [-0.25, -0.2) is 4.98 Å². The molecule has 56 valence electrons. The molecular weight excluding hydrogens is 164 g/mol. The topological polar surface area (TPSA) is 77.8 Å². The van der Waals surface area contributed by atoms with E-state index in [-0.39, 0.29) is 5.95 Å². The first-order valence-electron chi connectivity index (χ1n) is 2.84. The smallest absolute Gasteiger partial charge is 0.278 e. The Hall–Kier alpha value is -1.43. The van der Waals surface area contributed by atoms with Gasteiger partial charge in [-0.1, -0.05) is 0 Å². The molecule has 2 N–H and O–H groups in total. The fourth-order valence-electron chi connectivity index (χ4n) is 0.657. The highest BCUT2D eigenvalue weighted by Gasteiger charge is 2.06. The monoisotopic (exact) mass is 168 g/mol. The van der Waals surface area contributed by atoms with E-state index >= 15 is 0 Å². The van der Waals surface area contributed by atoms with Gasteiger partial charge in [-0.05, 0) is 5.16 Å². The molecule has 2 aromatic heterocycles. The van der Waals surface area contributed by atoms with Gasteiger partial charge in [-0.3, -0.25) is 0 Å². The molecule has 0 unspecified atom stereocenters. The lowest BCUT2D eigenvalue weighted by atomic mass is 10.5. The zero-order chi connectivity index (χ0) is 7.68. The molecule has 0 amide bonds. The van der Waals surface area contributed by atoms with Crippen LogP contribution in [-0.2, 0) is 0 Å². The Morgan fingerprint density at radius 2 is 2.45 bits per heavy atom. The molecule has 6 heteroatoms. The Morgan fingerprint density at radius 1 is 1.55 bits per heavy atom. The first-order chi connectivity index (χ1) is 5.36. The van der Waals surface area contributed by atoms with E-state index in [4.69, 9.17) is 10.3 Å². The zero-order valence-corrected chi connectivity index (χ0v) is 6.21. The molecule has 0 saturated heterocycles. The van der Waals surface area contributed by atoms with Crippen molar-refractivity contribution < 1.29 is 4.52 Å². The molecule has 2 heterocycles. The lowest BCUT2D eigenvalue weighted by Crippen LogP contribution is -1.85. The minimum atomic E-state index is 0.132. The maximum atomic E-state index is 5.24. The first kappa shape index (κ1) is 6.29. The molecule has 0 saturated carbocycles. The predicted octanol–water partition coefficient (Wildman–Crippen LogP) is 0.775. The van der Waals surface area contributed by atoms with Crippen molar-refractivity contribution in [2.45, 2.75) is 0 Å². The standard InChI is InChI=1S/C5H4N4OS/c6-5-8-4(10-9-5)3-1-11-2-7-3/h1-2H,(H2,6,9). The van der Waals surface area contributed by atoms with E-state index in [1.807, 2.05) is 5.38 Å². The van der Waals surface area contributed by atoms with E-state index < -0.39 is 0 Å². The maximum Gasteiger partial charge on any atom is 0.278 e. The second-order valence-corrected chi connectivity index (χ2v) is 2.55. The van der Waals surface area contributed by atoms with Crippen LogP contribution in [0.4, 0.5) is 5.95 Å². The summed E-state index contributed by atoms with van der Waals surface area (Å²) in [4.78, 5) is 7.76. The van der Waals surface area contributed by atoms with E-state index in [2.05, 4.69) is 15.1 Å². The fourth-order valence-corrected chi connectivity index (χ4v) is 1.18. The van der Waals surface area contributed by atoms with Crippen LogP contribution in [0.2, 0.25) is 0 Å². The van der Waals surface area contributed by atoms with Crippen LogP contribution in [-0.4, -0.2) is 15.1 Å². The highest BCUT2D eigenvalue weighted by atomic mass is 32.1. The van der Waals surface area contributed by atoms with E-state index in [0.717, 1.165) is 0 Å². The number of rotatable bonds is 1. The summed E-state index contributed by atoms with van der Waals surface area (Å²) < 4.78 is 4.77. The predicted molar refractivity (Wildman–Crippen MR) is 39.8 cm³/mol. The highest BCUT2D eigenvalue weighted by Crippen LogP contribution is 2.16. The summed E-state index contributed by atoms with van der Waals surface area (Å²) in [5.74, 6) is 0.497. The number of anilines is 1. The van der Waals surface area contributed by atoms with E-state index in [1.165, 1.54) is 11.3 Å². The number of nitrogen functional groups attached to an aromatic ring is 1. The molecule has 0 aliphatic carbocycles. The SMILES string of the molecule is Nc1noc(-c2cscn2)n1. The number of nitrogens with zero attached hydrogens (tertiary/aromatic N) is 3. The molecule has 2 aromatic rings. The summed E-state index contributed by atoms with van der Waals surface area (Å²) in [5, 5.41) is 5.24. The summed E-state index contributed by atoms with van der Waals surface area (Å²) in [6.45, 7) is 0. The normalized spacial score (nSPS) is 10.2. The van der Waals surface area contributed by atoms with Crippen LogP contribution in [0.1, 0.15) is 0 Å². The van der Waals surface area contributed by atoms with Gasteiger partial charge < -0.3 is 10.3 Å². The van der Waals surface area contributed by atoms with Gasteiger partial charge in [0.25, 0.3) is 11.8 Å². The van der Waals surface area contributed by atoms with E-state index in [9.17, 15) is 0 Å². The molecule has 2 rings (SSSR count). The number of aromatic nitrogens is 3. The van der Waals surface area contributed by atoms with Crippen LogP contribution < -0.4 is 5.73 Å². The van der Waals surface area contributed by atoms with E-state index in [1.54, 1.807) is 5.51 Å². The molecule has 0 bridgehead atoms. The van der Waals surface area contributed by atoms with Crippen molar-refractivity contribution in [2.24, 2.45) is 0 Å². The Labute approximate surface area is 65.9 Å². The van der Waals surface area contributed by atoms with Crippen molar-refractivity contribution in [3.63, 3.8) is 0 Å². The molecule has 0 aliphatic rings. The maximum absolute atomic E-state index is 5.24. The molecule has 0 aliphatic heterocycles. The Balaban J connectivity index is 2.45. The summed E-state index contributed by atoms with van der Waals surface area (Å²) in [5.41, 5.74) is 7.60. The summed E-state index contributed by atoms with van der Waals surface area (Å²) in [6, 6.07) is 0. The Morgan fingerprint density at radius 3 is 3.00 bits per heavy atom. The third-order valence-corrected chi connectivity index (χ3v) is 1.68. The van der Waals surface area contributed by atoms with Gasteiger partial charge in [0.1, 0.15) is 5.69 Å². The number of hydrogen-bond donors (Lipinski definition) is 1. The van der Waals surface area contributed by atoms with Gasteiger partial charge in [0.2, 0.25) is 0 Å². The largest absolute Gasteiger partial charge is 0.365 e. The van der Waals surface area contributed by atoms with Crippen LogP contribution in [0.5, 0.6) is 0 Å². The molecule has 0 spiro atoms. The van der Waals surface area contributed by atoms with Gasteiger partial charge in [0.15, 0.2) is 0 Å². The first-order valence-corrected chi connectivity index (χ1v) is 3.78. The molecule has 0 radical (unpaired) electrons. The highest BCUT2D eigenvalue weighted by molar-refractivity contribution is 7.07. The van der Waals surface area contributed by atoms with Crippen LogP contribution in [0, 0.1) is 0 Å². The molecule has 11 heavy (non-hydrogen) atoms. The fraction of sp³-hybridized carbons (Fsp3) is 0. The van der Waals surface area contributed by atoms with Gasteiger partial charge in [-0.15, -0.1) is 11.3 Å². The quantitative estimate of drug-likeness (QED) is 0.680. The Bertz CT molecular complexity index is 341. The summed E-state index contributed by atoms with van der Waals surface area (Å²) in [6.07, 6.45) is 0. The van der Waals surface area contributed by atoms with Crippen molar-refractivity contribution >= 4 is 17.3 Å². The number of hydrogen-bond acceptors (Lipinski definition) is 6. The van der Waals surface area contributed by atoms with Gasteiger partial charge in [0, 0.05) is 5.38 Å². The zero-order valence-electron chi connectivity index (χ0n) is 5.39. The van der Waals surface area contributed by atoms with Crippen LogP contribution in [0.3, 0.4) is 0 Å². The minimum Gasteiger partial charge on any atom is -0.365 e. The third-order valence-electron chi connectivity index (χ3n) is 1.09. The van der Waals surface area contributed by atoms with Crippen LogP contribution in [0.15, 0.2) is 15.4 Å². The van der Waals surface area contributed by atoms with Gasteiger partial charge in [-0.2, -0.15) is 4.98 Å². The molecule has 5 nitrogen and oxygen atoms in total. The van der Waals surface area contributed by atoms with Crippen molar-refractivity contribution in [3.8, 4) is 11.6 Å². The van der Waals surface area contributed by atoms with Crippen LogP contribution in [0.25, 0.3) is 11.6 Å². The van der Waals surface area contributed by atoms with Gasteiger partial charge >= 0.3 is 0 Å². The molecular formula is C5H4N4OS. The lowest BCUT2D eigenvalue weighted by molar-refractivity contribution is 0.432. The van der Waals surface area contributed by atoms with Crippen molar-refractivity contribution in [1.82, 2.24) is 15.1 Å². The second kappa shape index (κ2) is 2.31. The number of thiazole rings is 1. The lowest BCUT2D eigenvalue weighted by Gasteiger charge is -1.79. The Kier molecular flexibility index (Phi) is 1.32. The minimum absolute atomic E-state index is 0.132. The van der Waals surface area contributed by atoms with Crippen LogP contribution >= 0.6 is 11.3 Å². The van der Waals surface area contributed by atoms with Crippen molar-refractivity contribution in [1.29, 1.82) is 0 Å².